The Hall–Kier alpha value is -5.16. The summed E-state index contributed by atoms with van der Waals surface area (Å²) in [6.07, 6.45) is 3.60. The predicted molar refractivity (Wildman–Crippen MR) is 149 cm³/mol. The number of furan rings is 2. The molecular formula is C32H19N3O2. The van der Waals surface area contributed by atoms with E-state index in [2.05, 4.69) is 64.5 Å². The lowest BCUT2D eigenvalue weighted by Crippen LogP contribution is -2.12. The smallest absolute Gasteiger partial charge is 0.229 e. The number of benzene rings is 4. The number of hydrogen-bond donors (Lipinski definition) is 0. The number of nitrogens with zero attached hydrogens (tertiary/aromatic N) is 3. The average Bonchev–Trinajstić information content (AvgIpc) is 3.52. The molecule has 0 saturated heterocycles. The largest absolute Gasteiger partial charge is 0.456 e. The van der Waals surface area contributed by atoms with Crippen molar-refractivity contribution in [3.8, 4) is 0 Å². The second-order valence-corrected chi connectivity index (χ2v) is 9.08. The number of pyridine rings is 2. The predicted octanol–water partition coefficient (Wildman–Crippen LogP) is 8.90. The summed E-state index contributed by atoms with van der Waals surface area (Å²) in [5, 5.41) is 6.27. The number of hydrogen-bond acceptors (Lipinski definition) is 5. The molecule has 0 amide bonds. The third kappa shape index (κ3) is 2.98. The summed E-state index contributed by atoms with van der Waals surface area (Å²) < 4.78 is 12.4. The van der Waals surface area contributed by atoms with Gasteiger partial charge in [-0.25, -0.2) is 9.97 Å². The first kappa shape index (κ1) is 20.1. The van der Waals surface area contributed by atoms with Crippen LogP contribution in [0, 0.1) is 0 Å². The first-order valence-corrected chi connectivity index (χ1v) is 12.2. The summed E-state index contributed by atoms with van der Waals surface area (Å²) in [6, 6.07) is 35.0. The van der Waals surface area contributed by atoms with Crippen molar-refractivity contribution in [2.75, 3.05) is 4.90 Å². The lowest BCUT2D eigenvalue weighted by molar-refractivity contribution is 0.654. The van der Waals surface area contributed by atoms with Gasteiger partial charge in [-0.15, -0.1) is 0 Å². The molecule has 8 aromatic rings. The van der Waals surface area contributed by atoms with Crippen molar-refractivity contribution in [1.82, 2.24) is 9.97 Å². The Balaban J connectivity index is 1.51. The number of anilines is 3. The number of para-hydroxylation sites is 2. The average molecular weight is 478 g/mol. The molecule has 0 aliphatic rings. The quantitative estimate of drug-likeness (QED) is 0.254. The van der Waals surface area contributed by atoms with Crippen LogP contribution in [0.25, 0.3) is 54.8 Å². The zero-order chi connectivity index (χ0) is 24.3. The van der Waals surface area contributed by atoms with Crippen LogP contribution in [0.15, 0.2) is 124 Å². The minimum absolute atomic E-state index is 0.591. The molecule has 174 valence electrons. The Kier molecular flexibility index (Phi) is 4.16. The Morgan fingerprint density at radius 2 is 1.24 bits per heavy atom. The molecule has 8 rings (SSSR count). The summed E-state index contributed by atoms with van der Waals surface area (Å²) in [5.74, 6) is 0.788. The molecule has 0 bridgehead atoms. The highest BCUT2D eigenvalue weighted by Crippen LogP contribution is 2.45. The van der Waals surface area contributed by atoms with Crippen molar-refractivity contribution in [1.29, 1.82) is 0 Å². The van der Waals surface area contributed by atoms with E-state index in [-0.39, 0.29) is 0 Å². The second kappa shape index (κ2) is 7.67. The third-order valence-electron chi connectivity index (χ3n) is 6.97. The Bertz CT molecular complexity index is 2010. The minimum atomic E-state index is 0.591. The third-order valence-corrected chi connectivity index (χ3v) is 6.97. The molecule has 0 aliphatic heterocycles. The van der Waals surface area contributed by atoms with Gasteiger partial charge in [0.1, 0.15) is 22.6 Å². The van der Waals surface area contributed by atoms with Crippen LogP contribution in [0.4, 0.5) is 17.2 Å². The van der Waals surface area contributed by atoms with Crippen LogP contribution in [0.5, 0.6) is 0 Å². The molecule has 0 unspecified atom stereocenters. The van der Waals surface area contributed by atoms with Gasteiger partial charge in [0.2, 0.25) is 5.71 Å². The highest BCUT2D eigenvalue weighted by atomic mass is 16.3. The van der Waals surface area contributed by atoms with Gasteiger partial charge in [-0.1, -0.05) is 66.7 Å². The fourth-order valence-electron chi connectivity index (χ4n) is 5.33. The maximum atomic E-state index is 6.23. The van der Waals surface area contributed by atoms with Crippen LogP contribution >= 0.6 is 0 Å². The lowest BCUT2D eigenvalue weighted by atomic mass is 10.1. The standard InChI is InChI=1S/C32H19N3O2/c1-2-8-21-19-22(14-13-20(21)7-1)35(25-15-17-34-32-29(25)23-9-3-6-12-27(23)37-32)31-30-24-10-4-5-11-26(24)36-28(30)16-18-33-31/h1-19H. The van der Waals surface area contributed by atoms with Crippen LogP contribution in [-0.2, 0) is 0 Å². The molecule has 37 heavy (non-hydrogen) atoms. The fraction of sp³-hybridized carbons (Fsp3) is 0. The van der Waals surface area contributed by atoms with Crippen molar-refractivity contribution < 1.29 is 8.83 Å². The Morgan fingerprint density at radius 3 is 2.11 bits per heavy atom. The molecule has 4 aromatic carbocycles. The van der Waals surface area contributed by atoms with E-state index in [0.29, 0.717) is 5.71 Å². The maximum absolute atomic E-state index is 6.23. The normalized spacial score (nSPS) is 11.8. The van der Waals surface area contributed by atoms with Gasteiger partial charge in [-0.3, -0.25) is 4.90 Å². The van der Waals surface area contributed by atoms with E-state index in [9.17, 15) is 0 Å². The molecule has 5 heteroatoms. The van der Waals surface area contributed by atoms with E-state index < -0.39 is 0 Å². The van der Waals surface area contributed by atoms with Crippen LogP contribution in [0.3, 0.4) is 0 Å². The lowest BCUT2D eigenvalue weighted by Gasteiger charge is -2.25. The van der Waals surface area contributed by atoms with Crippen LogP contribution < -0.4 is 4.90 Å². The minimum Gasteiger partial charge on any atom is -0.456 e. The number of aromatic nitrogens is 2. The van der Waals surface area contributed by atoms with Crippen molar-refractivity contribution in [3.05, 3.63) is 116 Å². The monoisotopic (exact) mass is 477 g/mol. The first-order valence-electron chi connectivity index (χ1n) is 12.2. The van der Waals surface area contributed by atoms with E-state index >= 15 is 0 Å². The molecule has 0 aliphatic carbocycles. The summed E-state index contributed by atoms with van der Waals surface area (Å²) in [6.45, 7) is 0. The summed E-state index contributed by atoms with van der Waals surface area (Å²) >= 11 is 0. The van der Waals surface area contributed by atoms with Crippen molar-refractivity contribution in [2.45, 2.75) is 0 Å². The molecule has 4 aromatic heterocycles. The summed E-state index contributed by atoms with van der Waals surface area (Å²) in [7, 11) is 0. The van der Waals surface area contributed by atoms with E-state index in [1.165, 1.54) is 5.39 Å². The van der Waals surface area contributed by atoms with Crippen molar-refractivity contribution in [2.24, 2.45) is 0 Å². The zero-order valence-electron chi connectivity index (χ0n) is 19.6. The van der Waals surface area contributed by atoms with Gasteiger partial charge in [-0.2, -0.15) is 0 Å². The first-order chi connectivity index (χ1) is 18.3. The molecule has 0 radical (unpaired) electrons. The highest BCUT2D eigenvalue weighted by molar-refractivity contribution is 6.16. The maximum Gasteiger partial charge on any atom is 0.229 e. The van der Waals surface area contributed by atoms with Crippen molar-refractivity contribution >= 4 is 72.0 Å². The van der Waals surface area contributed by atoms with Gasteiger partial charge < -0.3 is 8.83 Å². The summed E-state index contributed by atoms with van der Waals surface area (Å²) in [4.78, 5) is 11.7. The second-order valence-electron chi connectivity index (χ2n) is 9.08. The molecular weight excluding hydrogens is 458 g/mol. The van der Waals surface area contributed by atoms with Gasteiger partial charge in [0.25, 0.3) is 0 Å². The van der Waals surface area contributed by atoms with Crippen LogP contribution in [0.2, 0.25) is 0 Å². The van der Waals surface area contributed by atoms with E-state index in [1.54, 1.807) is 12.4 Å². The molecule has 5 nitrogen and oxygen atoms in total. The molecule has 0 saturated carbocycles. The molecule has 0 atom stereocenters. The van der Waals surface area contributed by atoms with Crippen LogP contribution in [-0.4, -0.2) is 9.97 Å². The SMILES string of the molecule is c1ccc2cc(N(c3nccc4oc5ccccc5c34)c3ccnc4oc5ccccc5c34)ccc2c1. The number of rotatable bonds is 3. The molecule has 0 fully saturated rings. The molecule has 4 heterocycles. The zero-order valence-corrected chi connectivity index (χ0v) is 19.6. The van der Waals surface area contributed by atoms with Gasteiger partial charge in [0, 0.05) is 28.9 Å². The molecule has 0 spiro atoms. The van der Waals surface area contributed by atoms with Gasteiger partial charge in [0.05, 0.1) is 16.5 Å². The van der Waals surface area contributed by atoms with Crippen LogP contribution in [0.1, 0.15) is 0 Å². The van der Waals surface area contributed by atoms with E-state index in [0.717, 1.165) is 60.9 Å². The van der Waals surface area contributed by atoms with Gasteiger partial charge in [-0.05, 0) is 47.2 Å². The van der Waals surface area contributed by atoms with Crippen molar-refractivity contribution in [3.63, 3.8) is 0 Å². The molecule has 0 N–H and O–H groups in total. The summed E-state index contributed by atoms with van der Waals surface area (Å²) in [5.41, 5.74) is 4.94. The van der Waals surface area contributed by atoms with Gasteiger partial charge >= 0.3 is 0 Å². The Morgan fingerprint density at radius 1 is 0.541 bits per heavy atom. The topological polar surface area (TPSA) is 55.3 Å². The van der Waals surface area contributed by atoms with E-state index in [4.69, 9.17) is 13.8 Å². The number of fused-ring (bicyclic) bond motifs is 7. The van der Waals surface area contributed by atoms with E-state index in [1.807, 2.05) is 48.5 Å². The van der Waals surface area contributed by atoms with Gasteiger partial charge in [0.15, 0.2) is 0 Å². The Labute approximate surface area is 211 Å². The fourth-order valence-corrected chi connectivity index (χ4v) is 5.33. The highest BCUT2D eigenvalue weighted by Gasteiger charge is 2.24.